The van der Waals surface area contributed by atoms with E-state index in [0.29, 0.717) is 12.6 Å². The molecule has 1 N–H and O–H groups in total. The maximum atomic E-state index is 11.8. The highest BCUT2D eigenvalue weighted by Crippen LogP contribution is 2.22. The number of carbonyl (C=O) groups is 1. The van der Waals surface area contributed by atoms with E-state index in [1.165, 1.54) is 18.5 Å². The molecule has 0 saturated carbocycles. The summed E-state index contributed by atoms with van der Waals surface area (Å²) in [5.74, 6) is 0.140. The Labute approximate surface area is 121 Å². The minimum absolute atomic E-state index is 0.140. The van der Waals surface area contributed by atoms with E-state index in [4.69, 9.17) is 0 Å². The van der Waals surface area contributed by atoms with Crippen molar-refractivity contribution in [3.63, 3.8) is 0 Å². The van der Waals surface area contributed by atoms with Gasteiger partial charge in [-0.15, -0.1) is 0 Å². The van der Waals surface area contributed by atoms with Crippen LogP contribution in [0.3, 0.4) is 0 Å². The molecule has 0 spiro atoms. The lowest BCUT2D eigenvalue weighted by Crippen LogP contribution is -2.41. The predicted octanol–water partition coefficient (Wildman–Crippen LogP) is 1.62. The zero-order chi connectivity index (χ0) is 14.5. The summed E-state index contributed by atoms with van der Waals surface area (Å²) in [5, 5.41) is 2.89. The van der Waals surface area contributed by atoms with E-state index in [2.05, 4.69) is 41.3 Å². The molecule has 0 aromatic heterocycles. The van der Waals surface area contributed by atoms with E-state index < -0.39 is 0 Å². The van der Waals surface area contributed by atoms with E-state index in [1.54, 1.807) is 7.05 Å². The molecule has 1 aromatic carbocycles. The number of carbonyl (C=O) groups excluding carboxylic acids is 1. The number of likely N-dealkylation sites (N-methyl/N-ethyl adjacent to an activating group) is 1. The molecule has 4 nitrogen and oxygen atoms in total. The van der Waals surface area contributed by atoms with Crippen LogP contribution in [0.15, 0.2) is 24.3 Å². The van der Waals surface area contributed by atoms with E-state index in [0.717, 1.165) is 18.7 Å². The Kier molecular flexibility index (Phi) is 5.15. The highest BCUT2D eigenvalue weighted by atomic mass is 16.1. The largest absolute Gasteiger partial charge is 0.372 e. The van der Waals surface area contributed by atoms with E-state index in [9.17, 15) is 4.79 Å². The van der Waals surface area contributed by atoms with E-state index in [1.807, 2.05) is 12.1 Å². The molecule has 4 heteroatoms. The Balaban J connectivity index is 2.00. The van der Waals surface area contributed by atoms with Crippen molar-refractivity contribution in [2.45, 2.75) is 18.9 Å². The maximum Gasteiger partial charge on any atom is 0.176 e. The SMILES string of the molecule is CNCC(=O)c1ccc(N(C)C2CCN(C)CC2)cc1. The number of anilines is 1. The van der Waals surface area contributed by atoms with Crippen LogP contribution in [-0.2, 0) is 0 Å². The summed E-state index contributed by atoms with van der Waals surface area (Å²) in [4.78, 5) is 16.5. The number of piperidine rings is 1. The van der Waals surface area contributed by atoms with Crippen LogP contribution in [0.4, 0.5) is 5.69 Å². The van der Waals surface area contributed by atoms with Gasteiger partial charge in [0.15, 0.2) is 5.78 Å². The fourth-order valence-corrected chi connectivity index (χ4v) is 2.74. The molecule has 1 aliphatic rings. The van der Waals surface area contributed by atoms with Crippen LogP contribution in [0.1, 0.15) is 23.2 Å². The van der Waals surface area contributed by atoms with Crippen LogP contribution < -0.4 is 10.2 Å². The normalized spacial score (nSPS) is 17.1. The number of nitrogens with zero attached hydrogens (tertiary/aromatic N) is 2. The Morgan fingerprint density at radius 3 is 2.45 bits per heavy atom. The molecule has 1 saturated heterocycles. The first-order valence-corrected chi connectivity index (χ1v) is 7.31. The number of benzene rings is 1. The number of nitrogens with one attached hydrogen (secondary N) is 1. The topological polar surface area (TPSA) is 35.6 Å². The Hall–Kier alpha value is -1.39. The number of likely N-dealkylation sites (tertiary alicyclic amines) is 1. The zero-order valence-electron chi connectivity index (χ0n) is 12.7. The predicted molar refractivity (Wildman–Crippen MR) is 83.6 cm³/mol. The second kappa shape index (κ2) is 6.86. The molecule has 110 valence electrons. The van der Waals surface area contributed by atoms with Gasteiger partial charge in [-0.2, -0.15) is 0 Å². The molecule has 0 aliphatic carbocycles. The number of hydrogen-bond donors (Lipinski definition) is 1. The number of rotatable bonds is 5. The van der Waals surface area contributed by atoms with Gasteiger partial charge in [-0.25, -0.2) is 0 Å². The van der Waals surface area contributed by atoms with Gasteiger partial charge in [-0.05, 0) is 64.3 Å². The van der Waals surface area contributed by atoms with Gasteiger partial charge < -0.3 is 15.1 Å². The van der Waals surface area contributed by atoms with Gasteiger partial charge >= 0.3 is 0 Å². The third-order valence-electron chi connectivity index (χ3n) is 4.17. The van der Waals surface area contributed by atoms with Crippen molar-refractivity contribution in [2.75, 3.05) is 45.7 Å². The first-order valence-electron chi connectivity index (χ1n) is 7.31. The summed E-state index contributed by atoms with van der Waals surface area (Å²) in [6.07, 6.45) is 2.40. The lowest BCUT2D eigenvalue weighted by atomic mass is 10.0. The maximum absolute atomic E-state index is 11.8. The molecule has 0 unspecified atom stereocenters. The smallest absolute Gasteiger partial charge is 0.176 e. The number of ketones is 1. The van der Waals surface area contributed by atoms with Gasteiger partial charge in [0, 0.05) is 24.3 Å². The minimum Gasteiger partial charge on any atom is -0.372 e. The second-order valence-electron chi connectivity index (χ2n) is 5.65. The first-order chi connectivity index (χ1) is 9.61. The fraction of sp³-hybridized carbons (Fsp3) is 0.562. The van der Waals surface area contributed by atoms with Crippen molar-refractivity contribution < 1.29 is 4.79 Å². The van der Waals surface area contributed by atoms with Gasteiger partial charge in [0.25, 0.3) is 0 Å². The highest BCUT2D eigenvalue weighted by molar-refractivity contribution is 5.97. The molecule has 1 fully saturated rings. The fourth-order valence-electron chi connectivity index (χ4n) is 2.74. The van der Waals surface area contributed by atoms with Crippen LogP contribution in [0.5, 0.6) is 0 Å². The van der Waals surface area contributed by atoms with Crippen LogP contribution in [-0.4, -0.2) is 57.5 Å². The number of hydrogen-bond acceptors (Lipinski definition) is 4. The lowest BCUT2D eigenvalue weighted by Gasteiger charge is -2.36. The van der Waals surface area contributed by atoms with Crippen molar-refractivity contribution in [1.29, 1.82) is 0 Å². The number of Topliss-reactive ketones (excluding diaryl/α,β-unsaturated/α-hetero) is 1. The molecule has 0 bridgehead atoms. The molecule has 1 heterocycles. The molecule has 1 aliphatic heterocycles. The summed E-state index contributed by atoms with van der Waals surface area (Å²) in [6.45, 7) is 2.71. The Morgan fingerprint density at radius 2 is 1.90 bits per heavy atom. The van der Waals surface area contributed by atoms with Crippen LogP contribution in [0.2, 0.25) is 0 Å². The van der Waals surface area contributed by atoms with Gasteiger partial charge in [-0.3, -0.25) is 4.79 Å². The first kappa shape index (κ1) is 15.0. The summed E-state index contributed by atoms with van der Waals surface area (Å²) >= 11 is 0. The van der Waals surface area contributed by atoms with Crippen LogP contribution in [0, 0.1) is 0 Å². The van der Waals surface area contributed by atoms with E-state index in [-0.39, 0.29) is 5.78 Å². The molecule has 20 heavy (non-hydrogen) atoms. The quantitative estimate of drug-likeness (QED) is 0.828. The van der Waals surface area contributed by atoms with Gasteiger partial charge in [0.1, 0.15) is 0 Å². The minimum atomic E-state index is 0.140. The standard InChI is InChI=1S/C16H25N3O/c1-17-12-16(20)13-4-6-14(7-5-13)19(3)15-8-10-18(2)11-9-15/h4-7,15,17H,8-12H2,1-3H3. The van der Waals surface area contributed by atoms with Crippen molar-refractivity contribution >= 4 is 11.5 Å². The molecule has 0 amide bonds. The molecule has 0 radical (unpaired) electrons. The third-order valence-corrected chi connectivity index (χ3v) is 4.17. The second-order valence-corrected chi connectivity index (χ2v) is 5.65. The molecule has 1 aromatic rings. The van der Waals surface area contributed by atoms with Gasteiger partial charge in [0.2, 0.25) is 0 Å². The molecule has 0 atom stereocenters. The summed E-state index contributed by atoms with van der Waals surface area (Å²) in [7, 11) is 6.12. The van der Waals surface area contributed by atoms with Crippen molar-refractivity contribution in [2.24, 2.45) is 0 Å². The summed E-state index contributed by atoms with van der Waals surface area (Å²) in [6, 6.07) is 8.58. The lowest BCUT2D eigenvalue weighted by molar-refractivity contribution is 0.0993. The van der Waals surface area contributed by atoms with Crippen LogP contribution in [0.25, 0.3) is 0 Å². The van der Waals surface area contributed by atoms with E-state index >= 15 is 0 Å². The average molecular weight is 275 g/mol. The Bertz CT molecular complexity index is 436. The molecular formula is C16H25N3O. The molecular weight excluding hydrogens is 250 g/mol. The van der Waals surface area contributed by atoms with Crippen molar-refractivity contribution in [3.8, 4) is 0 Å². The summed E-state index contributed by atoms with van der Waals surface area (Å²) < 4.78 is 0. The highest BCUT2D eigenvalue weighted by Gasteiger charge is 2.20. The van der Waals surface area contributed by atoms with Crippen molar-refractivity contribution in [3.05, 3.63) is 29.8 Å². The van der Waals surface area contributed by atoms with Gasteiger partial charge in [-0.1, -0.05) is 0 Å². The van der Waals surface area contributed by atoms with Crippen LogP contribution >= 0.6 is 0 Å². The Morgan fingerprint density at radius 1 is 1.30 bits per heavy atom. The third kappa shape index (κ3) is 3.58. The monoisotopic (exact) mass is 275 g/mol. The van der Waals surface area contributed by atoms with Gasteiger partial charge in [0.05, 0.1) is 6.54 Å². The van der Waals surface area contributed by atoms with Crippen molar-refractivity contribution in [1.82, 2.24) is 10.2 Å². The summed E-state index contributed by atoms with van der Waals surface area (Å²) in [5.41, 5.74) is 1.97. The molecule has 2 rings (SSSR count). The average Bonchev–Trinajstić information content (AvgIpc) is 2.48. The zero-order valence-corrected chi connectivity index (χ0v) is 12.7.